The van der Waals surface area contributed by atoms with Gasteiger partial charge >= 0.3 is 0 Å². The molecule has 108 valence electrons. The summed E-state index contributed by atoms with van der Waals surface area (Å²) in [5.74, 6) is -2.01. The lowest BCUT2D eigenvalue weighted by Crippen LogP contribution is -2.35. The average molecular weight is 291 g/mol. The molecule has 0 bridgehead atoms. The molecule has 0 radical (unpaired) electrons. The number of sulfone groups is 1. The van der Waals surface area contributed by atoms with E-state index in [1.807, 2.05) is 13.8 Å². The van der Waals surface area contributed by atoms with Crippen LogP contribution < -0.4 is 5.32 Å². The lowest BCUT2D eigenvalue weighted by atomic mass is 10.2. The molecule has 1 rings (SSSR count). The van der Waals surface area contributed by atoms with E-state index >= 15 is 0 Å². The summed E-state index contributed by atoms with van der Waals surface area (Å²) in [5.41, 5.74) is 0. The third-order valence-corrected chi connectivity index (χ3v) is 4.67. The van der Waals surface area contributed by atoms with Gasteiger partial charge in [0.05, 0.1) is 5.75 Å². The van der Waals surface area contributed by atoms with Gasteiger partial charge in [-0.3, -0.25) is 0 Å². The molecule has 0 aliphatic heterocycles. The van der Waals surface area contributed by atoms with Gasteiger partial charge < -0.3 is 5.32 Å². The molecule has 6 heteroatoms. The van der Waals surface area contributed by atoms with Gasteiger partial charge in [0.1, 0.15) is 16.5 Å². The molecule has 1 unspecified atom stereocenters. The summed E-state index contributed by atoms with van der Waals surface area (Å²) in [6.07, 6.45) is 1.52. The van der Waals surface area contributed by atoms with E-state index in [1.54, 1.807) is 0 Å². The highest BCUT2D eigenvalue weighted by Crippen LogP contribution is 2.18. The monoisotopic (exact) mass is 291 g/mol. The maximum Gasteiger partial charge on any atom is 0.182 e. The lowest BCUT2D eigenvalue weighted by molar-refractivity contribution is 0.513. The minimum atomic E-state index is -3.75. The van der Waals surface area contributed by atoms with E-state index in [4.69, 9.17) is 0 Å². The first kappa shape index (κ1) is 16.0. The summed E-state index contributed by atoms with van der Waals surface area (Å²) >= 11 is 0. The number of halogens is 2. The molecule has 0 aliphatic rings. The third kappa shape index (κ3) is 4.54. The van der Waals surface area contributed by atoms with Crippen LogP contribution in [0.15, 0.2) is 23.1 Å². The molecule has 1 atom stereocenters. The van der Waals surface area contributed by atoms with Gasteiger partial charge in [0.25, 0.3) is 0 Å². The fourth-order valence-corrected chi connectivity index (χ4v) is 3.45. The Morgan fingerprint density at radius 3 is 2.47 bits per heavy atom. The van der Waals surface area contributed by atoms with Gasteiger partial charge in [-0.1, -0.05) is 13.8 Å². The zero-order chi connectivity index (χ0) is 14.5. The number of hydrogen-bond acceptors (Lipinski definition) is 3. The Labute approximate surface area is 112 Å². The summed E-state index contributed by atoms with van der Waals surface area (Å²) in [7, 11) is -3.75. The van der Waals surface area contributed by atoms with Crippen molar-refractivity contribution in [3.05, 3.63) is 29.8 Å². The van der Waals surface area contributed by atoms with Gasteiger partial charge in [-0.2, -0.15) is 0 Å². The molecule has 0 fully saturated rings. The second kappa shape index (κ2) is 6.96. The van der Waals surface area contributed by atoms with Crippen molar-refractivity contribution in [1.82, 2.24) is 5.32 Å². The molecule has 0 aliphatic carbocycles. The topological polar surface area (TPSA) is 46.2 Å². The number of nitrogens with one attached hydrogen (secondary N) is 1. The van der Waals surface area contributed by atoms with Gasteiger partial charge in [0.2, 0.25) is 0 Å². The minimum absolute atomic E-state index is 0.188. The Morgan fingerprint density at radius 1 is 1.26 bits per heavy atom. The molecule has 0 saturated heterocycles. The van der Waals surface area contributed by atoms with Gasteiger partial charge in [-0.25, -0.2) is 17.2 Å². The van der Waals surface area contributed by atoms with Crippen LogP contribution in [0.5, 0.6) is 0 Å². The molecule has 1 aromatic carbocycles. The first-order valence-electron chi connectivity index (χ1n) is 6.32. The predicted molar refractivity (Wildman–Crippen MR) is 70.8 cm³/mol. The van der Waals surface area contributed by atoms with E-state index in [2.05, 4.69) is 5.32 Å². The Bertz CT molecular complexity index is 517. The molecule has 0 amide bonds. The van der Waals surface area contributed by atoms with E-state index in [0.29, 0.717) is 19.0 Å². The van der Waals surface area contributed by atoms with Gasteiger partial charge in [-0.05, 0) is 31.5 Å². The SMILES string of the molecule is CCCNC(CC)CS(=O)(=O)c1ccc(F)cc1F. The third-order valence-electron chi connectivity index (χ3n) is 2.83. The maximum absolute atomic E-state index is 13.5. The van der Waals surface area contributed by atoms with Crippen molar-refractivity contribution >= 4 is 9.84 Å². The van der Waals surface area contributed by atoms with Crippen molar-refractivity contribution in [2.24, 2.45) is 0 Å². The largest absolute Gasteiger partial charge is 0.313 e. The molecule has 1 N–H and O–H groups in total. The van der Waals surface area contributed by atoms with Crippen LogP contribution in [-0.2, 0) is 9.84 Å². The summed E-state index contributed by atoms with van der Waals surface area (Å²) in [6, 6.07) is 2.30. The molecule has 1 aromatic rings. The van der Waals surface area contributed by atoms with Crippen LogP contribution in [0.1, 0.15) is 26.7 Å². The van der Waals surface area contributed by atoms with Crippen LogP contribution in [0.25, 0.3) is 0 Å². The highest BCUT2D eigenvalue weighted by molar-refractivity contribution is 7.91. The van der Waals surface area contributed by atoms with Crippen molar-refractivity contribution in [3.8, 4) is 0 Å². The summed E-state index contributed by atoms with van der Waals surface area (Å²) in [6.45, 7) is 4.55. The zero-order valence-corrected chi connectivity index (χ0v) is 11.9. The summed E-state index contributed by atoms with van der Waals surface area (Å²) in [4.78, 5) is -0.439. The Kier molecular flexibility index (Phi) is 5.87. The summed E-state index contributed by atoms with van der Waals surface area (Å²) < 4.78 is 50.5. The molecular weight excluding hydrogens is 272 g/mol. The van der Waals surface area contributed by atoms with Gasteiger partial charge in [-0.15, -0.1) is 0 Å². The van der Waals surface area contributed by atoms with Crippen molar-refractivity contribution in [1.29, 1.82) is 0 Å². The van der Waals surface area contributed by atoms with E-state index in [1.165, 1.54) is 0 Å². The van der Waals surface area contributed by atoms with Crippen LogP contribution in [0, 0.1) is 11.6 Å². The zero-order valence-electron chi connectivity index (χ0n) is 11.1. The smallest absolute Gasteiger partial charge is 0.182 e. The molecule has 0 saturated carbocycles. The van der Waals surface area contributed by atoms with Gasteiger partial charge in [0.15, 0.2) is 9.84 Å². The number of benzene rings is 1. The van der Waals surface area contributed by atoms with E-state index in [-0.39, 0.29) is 11.8 Å². The van der Waals surface area contributed by atoms with Crippen LogP contribution in [-0.4, -0.2) is 26.8 Å². The molecule has 0 spiro atoms. The van der Waals surface area contributed by atoms with E-state index in [0.717, 1.165) is 18.6 Å². The highest BCUT2D eigenvalue weighted by Gasteiger charge is 2.23. The second-order valence-electron chi connectivity index (χ2n) is 4.42. The number of rotatable bonds is 7. The maximum atomic E-state index is 13.5. The van der Waals surface area contributed by atoms with Crippen LogP contribution in [0.2, 0.25) is 0 Å². The first-order valence-corrected chi connectivity index (χ1v) is 7.97. The molecule has 0 heterocycles. The minimum Gasteiger partial charge on any atom is -0.313 e. The predicted octanol–water partition coefficient (Wildman–Crippen LogP) is 2.52. The van der Waals surface area contributed by atoms with Crippen LogP contribution in [0.3, 0.4) is 0 Å². The fourth-order valence-electron chi connectivity index (χ4n) is 1.75. The second-order valence-corrected chi connectivity index (χ2v) is 6.42. The van der Waals surface area contributed by atoms with Crippen molar-refractivity contribution < 1.29 is 17.2 Å². The highest BCUT2D eigenvalue weighted by atomic mass is 32.2. The van der Waals surface area contributed by atoms with Crippen molar-refractivity contribution in [2.75, 3.05) is 12.3 Å². The van der Waals surface area contributed by atoms with Crippen molar-refractivity contribution in [2.45, 2.75) is 37.6 Å². The van der Waals surface area contributed by atoms with Crippen LogP contribution in [0.4, 0.5) is 8.78 Å². The van der Waals surface area contributed by atoms with E-state index < -0.39 is 26.4 Å². The molecule has 19 heavy (non-hydrogen) atoms. The van der Waals surface area contributed by atoms with Gasteiger partial charge in [0, 0.05) is 12.1 Å². The lowest BCUT2D eigenvalue weighted by Gasteiger charge is -2.16. The Morgan fingerprint density at radius 2 is 1.95 bits per heavy atom. The normalized spacial score (nSPS) is 13.5. The Hall–Kier alpha value is -1.01. The standard InChI is InChI=1S/C13H19F2NO2S/c1-3-7-16-11(4-2)9-19(17,18)13-6-5-10(14)8-12(13)15/h5-6,8,11,16H,3-4,7,9H2,1-2H3. The van der Waals surface area contributed by atoms with Crippen LogP contribution >= 0.6 is 0 Å². The molecule has 3 nitrogen and oxygen atoms in total. The average Bonchev–Trinajstić information content (AvgIpc) is 2.33. The van der Waals surface area contributed by atoms with Crippen molar-refractivity contribution in [3.63, 3.8) is 0 Å². The quantitative estimate of drug-likeness (QED) is 0.785. The molecule has 0 aromatic heterocycles. The first-order chi connectivity index (χ1) is 8.90. The molecular formula is C13H19F2NO2S. The fraction of sp³-hybridized carbons (Fsp3) is 0.538. The summed E-state index contributed by atoms with van der Waals surface area (Å²) in [5, 5.41) is 3.10. The van der Waals surface area contributed by atoms with E-state index in [9.17, 15) is 17.2 Å². The number of hydrogen-bond donors (Lipinski definition) is 1. The Balaban J connectivity index is 2.90.